The number of imidazole rings is 2. The summed E-state index contributed by atoms with van der Waals surface area (Å²) in [4.78, 5) is 72.1. The molecule has 10 atom stereocenters. The number of aromatic nitrogens is 4. The van der Waals surface area contributed by atoms with Crippen LogP contribution in [-0.4, -0.2) is 92.1 Å². The van der Waals surface area contributed by atoms with Crippen LogP contribution in [0.25, 0.3) is 22.5 Å². The second-order valence-corrected chi connectivity index (χ2v) is 17.9. The molecule has 14 heteroatoms. The molecular formula is C45H54N8O6. The van der Waals surface area contributed by atoms with Crippen LogP contribution in [0.3, 0.4) is 0 Å². The van der Waals surface area contributed by atoms with Gasteiger partial charge in [0.1, 0.15) is 23.7 Å². The molecule has 2 aliphatic heterocycles. The van der Waals surface area contributed by atoms with Crippen molar-refractivity contribution in [3.8, 4) is 22.5 Å². The fourth-order valence-electron chi connectivity index (χ4n) is 9.81. The first-order valence-electron chi connectivity index (χ1n) is 21.1. The number of carbonyl (C=O) groups excluding carboxylic acids is 4. The Kier molecular flexibility index (Phi) is 9.99. The van der Waals surface area contributed by atoms with Crippen molar-refractivity contribution in [2.24, 2.45) is 23.7 Å². The van der Waals surface area contributed by atoms with Gasteiger partial charge in [0.25, 0.3) is 0 Å². The highest BCUT2D eigenvalue weighted by atomic mass is 16.5. The van der Waals surface area contributed by atoms with Crippen molar-refractivity contribution in [1.82, 2.24) is 40.4 Å². The number of nitrogens with zero attached hydrogens (tertiary/aromatic N) is 4. The number of alkyl carbamates (subject to hydrolysis) is 2. The van der Waals surface area contributed by atoms with Crippen LogP contribution in [0.5, 0.6) is 0 Å². The molecule has 4 aromatic rings. The van der Waals surface area contributed by atoms with Gasteiger partial charge >= 0.3 is 12.2 Å². The molecule has 5 fully saturated rings. The third-order valence-electron chi connectivity index (χ3n) is 13.4. The Balaban J connectivity index is 0.827. The number of nitrogens with one attached hydrogen (secondary N) is 4. The van der Waals surface area contributed by atoms with Crippen molar-refractivity contribution >= 4 is 24.0 Å². The van der Waals surface area contributed by atoms with Crippen LogP contribution in [-0.2, 0) is 19.1 Å². The van der Waals surface area contributed by atoms with E-state index in [0.29, 0.717) is 23.7 Å². The van der Waals surface area contributed by atoms with E-state index in [1.165, 1.54) is 25.3 Å². The maximum absolute atomic E-state index is 13.8. The molecule has 59 heavy (non-hydrogen) atoms. The van der Waals surface area contributed by atoms with Crippen molar-refractivity contribution in [3.05, 3.63) is 83.7 Å². The predicted octanol–water partition coefficient (Wildman–Crippen LogP) is 6.82. The van der Waals surface area contributed by atoms with Gasteiger partial charge < -0.3 is 39.9 Å². The third kappa shape index (κ3) is 7.35. The minimum absolute atomic E-state index is 0.0864. The Bertz CT molecular complexity index is 2080. The van der Waals surface area contributed by atoms with E-state index in [0.717, 1.165) is 66.3 Å². The number of piperidine rings is 2. The first-order chi connectivity index (χ1) is 28.4. The van der Waals surface area contributed by atoms with E-state index >= 15 is 0 Å². The van der Waals surface area contributed by atoms with E-state index < -0.39 is 24.3 Å². The van der Waals surface area contributed by atoms with Crippen LogP contribution >= 0.6 is 0 Å². The second kappa shape index (κ2) is 15.2. The molecule has 0 bridgehead atoms. The van der Waals surface area contributed by atoms with Gasteiger partial charge in [-0.25, -0.2) is 19.6 Å². The van der Waals surface area contributed by atoms with Crippen molar-refractivity contribution < 1.29 is 28.7 Å². The highest BCUT2D eigenvalue weighted by molar-refractivity contribution is 5.88. The lowest BCUT2D eigenvalue weighted by atomic mass is 10.0. The second-order valence-electron chi connectivity index (χ2n) is 17.9. The molecule has 14 nitrogen and oxygen atoms in total. The molecular weight excluding hydrogens is 749 g/mol. The maximum atomic E-state index is 13.8. The van der Waals surface area contributed by atoms with Crippen molar-refractivity contribution in [3.63, 3.8) is 0 Å². The van der Waals surface area contributed by atoms with Gasteiger partial charge in [-0.05, 0) is 89.9 Å². The maximum Gasteiger partial charge on any atom is 0.407 e. The van der Waals surface area contributed by atoms with Crippen LogP contribution in [0.1, 0.15) is 106 Å². The molecule has 2 aromatic carbocycles. The van der Waals surface area contributed by atoms with Crippen LogP contribution in [0.4, 0.5) is 9.59 Å². The Morgan fingerprint density at radius 2 is 1.00 bits per heavy atom. The number of rotatable bonds is 12. The van der Waals surface area contributed by atoms with Crippen LogP contribution < -0.4 is 10.6 Å². The lowest BCUT2D eigenvalue weighted by Gasteiger charge is -2.31. The zero-order valence-electron chi connectivity index (χ0n) is 34.5. The third-order valence-corrected chi connectivity index (χ3v) is 13.4. The average molecular weight is 803 g/mol. The molecule has 2 saturated heterocycles. The number of H-pyrrole nitrogens is 2. The fourth-order valence-corrected chi connectivity index (χ4v) is 9.81. The number of benzene rings is 2. The van der Waals surface area contributed by atoms with Gasteiger partial charge in [0, 0.05) is 12.1 Å². The number of hydrogen-bond donors (Lipinski definition) is 4. The molecule has 9 rings (SSSR count). The van der Waals surface area contributed by atoms with Gasteiger partial charge in [-0.2, -0.15) is 0 Å². The van der Waals surface area contributed by atoms with E-state index in [1.807, 2.05) is 49.9 Å². The average Bonchev–Trinajstić information content (AvgIpc) is 4.16. The minimum Gasteiger partial charge on any atom is -0.453 e. The summed E-state index contributed by atoms with van der Waals surface area (Å²) in [5.41, 5.74) is 6.53. The number of fused-ring (bicyclic) bond motifs is 2. The molecule has 4 heterocycles. The van der Waals surface area contributed by atoms with Crippen molar-refractivity contribution in [2.45, 2.75) is 108 Å². The molecule has 4 amide bonds. The zero-order valence-corrected chi connectivity index (χ0v) is 34.5. The minimum atomic E-state index is -0.665. The van der Waals surface area contributed by atoms with E-state index in [-0.39, 0.29) is 47.8 Å². The molecule has 2 aromatic heterocycles. The number of amides is 4. The molecule has 3 saturated carbocycles. The van der Waals surface area contributed by atoms with E-state index in [9.17, 15) is 19.2 Å². The molecule has 2 unspecified atom stereocenters. The number of carbonyl (C=O) groups is 4. The van der Waals surface area contributed by atoms with Gasteiger partial charge in [-0.1, -0.05) is 76.2 Å². The molecule has 3 aliphatic carbocycles. The van der Waals surface area contributed by atoms with E-state index in [1.54, 1.807) is 0 Å². The van der Waals surface area contributed by atoms with Crippen molar-refractivity contribution in [1.29, 1.82) is 0 Å². The van der Waals surface area contributed by atoms with E-state index in [4.69, 9.17) is 19.4 Å². The highest BCUT2D eigenvalue weighted by Crippen LogP contribution is 2.56. The highest BCUT2D eigenvalue weighted by Gasteiger charge is 2.57. The number of likely N-dealkylation sites (tertiary alicyclic amines) is 2. The lowest BCUT2D eigenvalue weighted by molar-refractivity contribution is -0.137. The van der Waals surface area contributed by atoms with Gasteiger partial charge in [0.2, 0.25) is 11.8 Å². The van der Waals surface area contributed by atoms with Gasteiger partial charge in [0.15, 0.2) is 0 Å². The number of aromatic amines is 2. The van der Waals surface area contributed by atoms with Gasteiger partial charge in [0.05, 0.1) is 50.1 Å². The summed E-state index contributed by atoms with van der Waals surface area (Å²) in [7, 11) is 2.62. The summed E-state index contributed by atoms with van der Waals surface area (Å²) in [6.45, 7) is 7.71. The molecule has 4 N–H and O–H groups in total. The largest absolute Gasteiger partial charge is 0.453 e. The molecule has 0 spiro atoms. The Hall–Kier alpha value is -5.66. The Morgan fingerprint density at radius 1 is 0.610 bits per heavy atom. The first kappa shape index (κ1) is 38.8. The summed E-state index contributed by atoms with van der Waals surface area (Å²) >= 11 is 0. The number of methoxy groups -OCH3 is 2. The first-order valence-corrected chi connectivity index (χ1v) is 21.1. The Morgan fingerprint density at radius 3 is 1.36 bits per heavy atom. The molecule has 5 aliphatic rings. The summed E-state index contributed by atoms with van der Waals surface area (Å²) < 4.78 is 9.60. The summed E-state index contributed by atoms with van der Waals surface area (Å²) in [6, 6.07) is 16.1. The number of ether oxygens (including phenoxy) is 2. The monoisotopic (exact) mass is 802 g/mol. The normalized spacial score (nSPS) is 27.2. The van der Waals surface area contributed by atoms with E-state index in [2.05, 4.69) is 69.1 Å². The van der Waals surface area contributed by atoms with Crippen LogP contribution in [0, 0.1) is 23.7 Å². The smallest absolute Gasteiger partial charge is 0.407 e. The number of hydrogen-bond acceptors (Lipinski definition) is 8. The summed E-state index contributed by atoms with van der Waals surface area (Å²) in [5.74, 6) is 3.03. The Labute approximate surface area is 344 Å². The van der Waals surface area contributed by atoms with Crippen LogP contribution in [0.2, 0.25) is 0 Å². The predicted molar refractivity (Wildman–Crippen MR) is 219 cm³/mol. The van der Waals surface area contributed by atoms with Gasteiger partial charge in [-0.3, -0.25) is 9.59 Å². The standard InChI is InChI=1S/C45H54N8O6/c1-22(2)38(50-44(56)58-5)42(54)52-34-15-28(34)17-36(52)40-46-20-32(48-40)26-11-7-24(8-12-26)30-19-31(30)25-9-13-27(14-10-25)33-21-47-41(49-33)37-18-29-16-35(29)53(37)43(55)39(23(3)4)51-45(57)59-6/h7-14,20-23,28-31,34-39H,15-19H2,1-6H3,(H,46,48)(H,47,49)(H,50,56)(H,51,57)/t28-,29-,30-,31-,34-,35-,36+,37+,38?,39?/m1/s1. The van der Waals surface area contributed by atoms with Crippen molar-refractivity contribution in [2.75, 3.05) is 14.2 Å². The topological polar surface area (TPSA) is 175 Å². The molecule has 0 radical (unpaired) electrons. The quantitative estimate of drug-likeness (QED) is 0.121. The SMILES string of the molecule is COC(=O)NC(C(=O)N1[C@@H]2C[C@@H]2C[C@H]1c1ncc(-c2ccc([C@H]3C[C@@H]3c3ccc(-c4cnc([C@@H]5C[C@H]6C[C@H]6N5C(=O)C(NC(=O)OC)C(C)C)[nH]4)cc3)cc2)[nH]1)C(C)C. The zero-order chi connectivity index (χ0) is 41.3. The summed E-state index contributed by atoms with van der Waals surface area (Å²) in [5, 5.41) is 5.49. The van der Waals surface area contributed by atoms with Gasteiger partial charge in [-0.15, -0.1) is 0 Å². The lowest BCUT2D eigenvalue weighted by Crippen LogP contribution is -2.52. The fraction of sp³-hybridized carbons (Fsp3) is 0.511. The molecule has 310 valence electrons. The van der Waals surface area contributed by atoms with Crippen LogP contribution in [0.15, 0.2) is 60.9 Å². The summed E-state index contributed by atoms with van der Waals surface area (Å²) in [6.07, 6.45) is 7.29.